The summed E-state index contributed by atoms with van der Waals surface area (Å²) >= 11 is 6.42. The predicted molar refractivity (Wildman–Crippen MR) is 81.9 cm³/mol. The summed E-state index contributed by atoms with van der Waals surface area (Å²) < 4.78 is 0. The maximum atomic E-state index is 6.42. The van der Waals surface area contributed by atoms with Crippen LogP contribution >= 0.6 is 11.6 Å². The van der Waals surface area contributed by atoms with E-state index in [9.17, 15) is 0 Å². The lowest BCUT2D eigenvalue weighted by atomic mass is 10.0. The molecule has 0 aromatic carbocycles. The molecule has 0 bridgehead atoms. The zero-order valence-electron chi connectivity index (χ0n) is 12.3. The number of aromatic nitrogens is 1. The lowest BCUT2D eigenvalue weighted by molar-refractivity contribution is 0.514. The van der Waals surface area contributed by atoms with Gasteiger partial charge >= 0.3 is 0 Å². The molecule has 1 aromatic rings. The standard InChI is InChI=1S/C15H24ClN3/c1-11(2)17-9-12-8-13(16)14(18-10-12)19-7-5-6-15(19,3)4/h8,10-11,17H,5-7,9H2,1-4H3. The third-order valence-corrected chi connectivity index (χ3v) is 4.03. The van der Waals surface area contributed by atoms with Crippen LogP contribution in [0.1, 0.15) is 46.1 Å². The van der Waals surface area contributed by atoms with E-state index in [0.29, 0.717) is 6.04 Å². The van der Waals surface area contributed by atoms with Crippen molar-refractivity contribution >= 4 is 17.4 Å². The van der Waals surface area contributed by atoms with Crippen LogP contribution in [-0.4, -0.2) is 23.1 Å². The monoisotopic (exact) mass is 281 g/mol. The van der Waals surface area contributed by atoms with Gasteiger partial charge in [0.05, 0.1) is 5.02 Å². The van der Waals surface area contributed by atoms with Crippen molar-refractivity contribution in [3.05, 3.63) is 22.8 Å². The number of hydrogen-bond donors (Lipinski definition) is 1. The van der Waals surface area contributed by atoms with E-state index in [2.05, 4.69) is 42.9 Å². The molecule has 0 unspecified atom stereocenters. The van der Waals surface area contributed by atoms with Crippen LogP contribution in [0.3, 0.4) is 0 Å². The minimum absolute atomic E-state index is 0.161. The minimum Gasteiger partial charge on any atom is -0.350 e. The zero-order chi connectivity index (χ0) is 14.0. The van der Waals surface area contributed by atoms with Crippen LogP contribution in [-0.2, 0) is 6.54 Å². The number of nitrogens with one attached hydrogen (secondary N) is 1. The SMILES string of the molecule is CC(C)NCc1cnc(N2CCCC2(C)C)c(Cl)c1. The summed E-state index contributed by atoms with van der Waals surface area (Å²) in [7, 11) is 0. The van der Waals surface area contributed by atoms with Gasteiger partial charge in [-0.25, -0.2) is 4.98 Å². The fourth-order valence-electron chi connectivity index (χ4n) is 2.59. The van der Waals surface area contributed by atoms with Crippen LogP contribution in [0.25, 0.3) is 0 Å². The van der Waals surface area contributed by atoms with Crippen molar-refractivity contribution in [1.29, 1.82) is 0 Å². The van der Waals surface area contributed by atoms with Crippen molar-refractivity contribution in [2.75, 3.05) is 11.4 Å². The Hall–Kier alpha value is -0.800. The van der Waals surface area contributed by atoms with Crippen molar-refractivity contribution < 1.29 is 0 Å². The summed E-state index contributed by atoms with van der Waals surface area (Å²) in [5, 5.41) is 4.14. The first kappa shape index (κ1) is 14.6. The second kappa shape index (κ2) is 5.68. The number of anilines is 1. The average molecular weight is 282 g/mol. The highest BCUT2D eigenvalue weighted by atomic mass is 35.5. The Morgan fingerprint density at radius 2 is 2.21 bits per heavy atom. The Morgan fingerprint density at radius 1 is 1.47 bits per heavy atom. The quantitative estimate of drug-likeness (QED) is 0.914. The largest absolute Gasteiger partial charge is 0.350 e. The van der Waals surface area contributed by atoms with E-state index in [0.717, 1.165) is 29.5 Å². The molecule has 0 aliphatic carbocycles. The summed E-state index contributed by atoms with van der Waals surface area (Å²) in [5.41, 5.74) is 1.30. The van der Waals surface area contributed by atoms with E-state index < -0.39 is 0 Å². The van der Waals surface area contributed by atoms with Gasteiger partial charge in [0, 0.05) is 30.9 Å². The smallest absolute Gasteiger partial charge is 0.147 e. The predicted octanol–water partition coefficient (Wildman–Crippen LogP) is 3.61. The molecule has 0 amide bonds. The molecule has 0 spiro atoms. The molecule has 0 radical (unpaired) electrons. The van der Waals surface area contributed by atoms with E-state index in [1.807, 2.05) is 12.3 Å². The number of pyridine rings is 1. The first-order valence-corrected chi connectivity index (χ1v) is 7.43. The van der Waals surface area contributed by atoms with E-state index in [1.165, 1.54) is 12.8 Å². The van der Waals surface area contributed by atoms with Crippen LogP contribution in [0.4, 0.5) is 5.82 Å². The van der Waals surface area contributed by atoms with Crippen LogP contribution in [0.5, 0.6) is 0 Å². The van der Waals surface area contributed by atoms with Gasteiger partial charge in [0.15, 0.2) is 0 Å². The van der Waals surface area contributed by atoms with E-state index in [4.69, 9.17) is 11.6 Å². The molecule has 3 nitrogen and oxygen atoms in total. The van der Waals surface area contributed by atoms with Crippen LogP contribution < -0.4 is 10.2 Å². The van der Waals surface area contributed by atoms with Crippen molar-refractivity contribution in [1.82, 2.24) is 10.3 Å². The number of rotatable bonds is 4. The molecule has 1 aromatic heterocycles. The third-order valence-electron chi connectivity index (χ3n) is 3.75. The molecule has 0 atom stereocenters. The van der Waals surface area contributed by atoms with Gasteiger partial charge in [-0.3, -0.25) is 0 Å². The van der Waals surface area contributed by atoms with Crippen molar-refractivity contribution in [2.24, 2.45) is 0 Å². The molecule has 4 heteroatoms. The molecular weight excluding hydrogens is 258 g/mol. The van der Waals surface area contributed by atoms with Crippen molar-refractivity contribution in [2.45, 2.75) is 58.7 Å². The Balaban J connectivity index is 2.15. The normalized spacial score (nSPS) is 18.3. The van der Waals surface area contributed by atoms with Gasteiger partial charge in [0.25, 0.3) is 0 Å². The maximum absolute atomic E-state index is 6.42. The molecule has 1 aliphatic heterocycles. The molecule has 2 heterocycles. The van der Waals surface area contributed by atoms with Gasteiger partial charge in [0.2, 0.25) is 0 Å². The van der Waals surface area contributed by atoms with Crippen LogP contribution in [0.15, 0.2) is 12.3 Å². The summed E-state index contributed by atoms with van der Waals surface area (Å²) in [6, 6.07) is 2.50. The Kier molecular flexibility index (Phi) is 4.36. The highest BCUT2D eigenvalue weighted by Crippen LogP contribution is 2.36. The van der Waals surface area contributed by atoms with Gasteiger partial charge in [-0.2, -0.15) is 0 Å². The summed E-state index contributed by atoms with van der Waals surface area (Å²) in [6.45, 7) is 10.6. The second-order valence-corrected chi connectivity index (χ2v) is 6.66. The molecular formula is C15H24ClN3. The maximum Gasteiger partial charge on any atom is 0.147 e. The molecule has 1 aliphatic rings. The lowest BCUT2D eigenvalue weighted by Gasteiger charge is -2.33. The van der Waals surface area contributed by atoms with Gasteiger partial charge in [0.1, 0.15) is 5.82 Å². The highest BCUT2D eigenvalue weighted by Gasteiger charge is 2.33. The first-order chi connectivity index (χ1) is 8.90. The zero-order valence-corrected chi connectivity index (χ0v) is 13.1. The fourth-order valence-corrected chi connectivity index (χ4v) is 2.88. The molecule has 0 saturated carbocycles. The molecule has 1 fully saturated rings. The van der Waals surface area contributed by atoms with Gasteiger partial charge < -0.3 is 10.2 Å². The average Bonchev–Trinajstić information content (AvgIpc) is 2.66. The molecule has 2 rings (SSSR count). The van der Waals surface area contributed by atoms with Crippen LogP contribution in [0, 0.1) is 0 Å². The van der Waals surface area contributed by atoms with Crippen LogP contribution in [0.2, 0.25) is 5.02 Å². The molecule has 1 saturated heterocycles. The fraction of sp³-hybridized carbons (Fsp3) is 0.667. The van der Waals surface area contributed by atoms with Gasteiger partial charge in [-0.15, -0.1) is 0 Å². The second-order valence-electron chi connectivity index (χ2n) is 6.25. The lowest BCUT2D eigenvalue weighted by Crippen LogP contribution is -2.38. The minimum atomic E-state index is 0.161. The van der Waals surface area contributed by atoms with E-state index in [1.54, 1.807) is 0 Å². The Bertz CT molecular complexity index is 443. The van der Waals surface area contributed by atoms with Crippen molar-refractivity contribution in [3.63, 3.8) is 0 Å². The van der Waals surface area contributed by atoms with E-state index in [-0.39, 0.29) is 5.54 Å². The third kappa shape index (κ3) is 3.40. The Labute approximate surface area is 121 Å². The van der Waals surface area contributed by atoms with E-state index >= 15 is 0 Å². The number of nitrogens with zero attached hydrogens (tertiary/aromatic N) is 2. The first-order valence-electron chi connectivity index (χ1n) is 7.05. The van der Waals surface area contributed by atoms with Crippen molar-refractivity contribution in [3.8, 4) is 0 Å². The molecule has 106 valence electrons. The van der Waals surface area contributed by atoms with Gasteiger partial charge in [-0.1, -0.05) is 25.4 Å². The topological polar surface area (TPSA) is 28.2 Å². The Morgan fingerprint density at radius 3 is 2.74 bits per heavy atom. The molecule has 1 N–H and O–H groups in total. The summed E-state index contributed by atoms with van der Waals surface area (Å²) in [5.74, 6) is 0.928. The van der Waals surface area contributed by atoms with Gasteiger partial charge in [-0.05, 0) is 38.3 Å². The summed E-state index contributed by atoms with van der Waals surface area (Å²) in [6.07, 6.45) is 4.34. The number of halogens is 1. The number of hydrogen-bond acceptors (Lipinski definition) is 3. The summed E-state index contributed by atoms with van der Waals surface area (Å²) in [4.78, 5) is 6.92. The highest BCUT2D eigenvalue weighted by molar-refractivity contribution is 6.33. The molecule has 19 heavy (non-hydrogen) atoms.